The van der Waals surface area contributed by atoms with E-state index >= 15 is 0 Å². The van der Waals surface area contributed by atoms with Crippen LogP contribution in [0.25, 0.3) is 5.69 Å². The van der Waals surface area contributed by atoms with E-state index in [1.54, 1.807) is 11.8 Å². The molecule has 0 spiro atoms. The normalized spacial score (nSPS) is 19.7. The van der Waals surface area contributed by atoms with Gasteiger partial charge in [0.2, 0.25) is 5.91 Å². The first-order chi connectivity index (χ1) is 13.1. The summed E-state index contributed by atoms with van der Waals surface area (Å²) in [6.45, 7) is 1.14. The lowest BCUT2D eigenvalue weighted by Gasteiger charge is -2.29. The number of hydrogen-bond acceptors (Lipinski definition) is 5. The molecule has 0 bridgehead atoms. The van der Waals surface area contributed by atoms with Gasteiger partial charge in [0.1, 0.15) is 11.6 Å². The largest absolute Gasteiger partial charge is 0.497 e. The van der Waals surface area contributed by atoms with Crippen molar-refractivity contribution in [3.05, 3.63) is 36.0 Å². The zero-order valence-corrected chi connectivity index (χ0v) is 15.4. The number of rotatable bonds is 5. The lowest BCUT2D eigenvalue weighted by atomic mass is 9.84. The number of anilines is 1. The van der Waals surface area contributed by atoms with Crippen LogP contribution in [0.5, 0.6) is 5.75 Å². The number of nitrogens with two attached hydrogens (primary N) is 1. The zero-order valence-electron chi connectivity index (χ0n) is 15.4. The van der Waals surface area contributed by atoms with Crippen molar-refractivity contribution in [1.82, 2.24) is 14.7 Å². The third-order valence-electron chi connectivity index (χ3n) is 5.71. The van der Waals surface area contributed by atoms with Crippen molar-refractivity contribution in [3.63, 3.8) is 0 Å². The van der Waals surface area contributed by atoms with Crippen molar-refractivity contribution in [1.29, 1.82) is 0 Å². The summed E-state index contributed by atoms with van der Waals surface area (Å²) < 4.78 is 6.71. The topological polar surface area (TPSA) is 90.5 Å². The molecule has 2 N–H and O–H groups in total. The molecule has 1 unspecified atom stereocenters. The highest BCUT2D eigenvalue weighted by atomic mass is 16.5. The average molecular weight is 368 g/mol. The maximum atomic E-state index is 12.9. The molecule has 2 aromatic rings. The van der Waals surface area contributed by atoms with Crippen molar-refractivity contribution in [2.45, 2.75) is 25.7 Å². The number of ketones is 1. The first kappa shape index (κ1) is 17.6. The van der Waals surface area contributed by atoms with Crippen molar-refractivity contribution >= 4 is 17.5 Å². The molecule has 2 aliphatic rings. The molecule has 27 heavy (non-hydrogen) atoms. The predicted molar refractivity (Wildman–Crippen MR) is 101 cm³/mol. The Hall–Kier alpha value is -2.83. The Bertz CT molecular complexity index is 855. The Morgan fingerprint density at radius 2 is 1.89 bits per heavy atom. The average Bonchev–Trinajstić information content (AvgIpc) is 3.27. The summed E-state index contributed by atoms with van der Waals surface area (Å²) in [4.78, 5) is 27.2. The fourth-order valence-electron chi connectivity index (χ4n) is 3.78. The molecule has 7 heteroatoms. The monoisotopic (exact) mass is 368 g/mol. The number of carbonyl (C=O) groups excluding carboxylic acids is 2. The molecule has 142 valence electrons. The van der Waals surface area contributed by atoms with Gasteiger partial charge in [-0.1, -0.05) is 6.42 Å². The quantitative estimate of drug-likeness (QED) is 0.818. The van der Waals surface area contributed by atoms with E-state index in [0.717, 1.165) is 30.7 Å². The molecule has 4 rings (SSSR count). The van der Waals surface area contributed by atoms with Gasteiger partial charge in [-0.05, 0) is 43.5 Å². The molecule has 1 atom stereocenters. The molecule has 7 nitrogen and oxygen atoms in total. The van der Waals surface area contributed by atoms with Gasteiger partial charge in [-0.3, -0.25) is 9.59 Å². The molecule has 1 amide bonds. The molecule has 1 aliphatic carbocycles. The van der Waals surface area contributed by atoms with Crippen molar-refractivity contribution < 1.29 is 14.3 Å². The molecular weight excluding hydrogens is 344 g/mol. The van der Waals surface area contributed by atoms with Crippen LogP contribution in [0.3, 0.4) is 0 Å². The maximum absolute atomic E-state index is 12.9. The van der Waals surface area contributed by atoms with Gasteiger partial charge in [0, 0.05) is 24.9 Å². The van der Waals surface area contributed by atoms with E-state index in [9.17, 15) is 9.59 Å². The summed E-state index contributed by atoms with van der Waals surface area (Å²) in [5, 5.41) is 4.29. The summed E-state index contributed by atoms with van der Waals surface area (Å²) in [5.74, 6) is 1.21. The fraction of sp³-hybridized carbons (Fsp3) is 0.450. The highest BCUT2D eigenvalue weighted by molar-refractivity contribution is 6.02. The number of amides is 1. The molecule has 2 fully saturated rings. The fourth-order valence-corrected chi connectivity index (χ4v) is 3.78. The van der Waals surface area contributed by atoms with Gasteiger partial charge in [-0.2, -0.15) is 5.10 Å². The van der Waals surface area contributed by atoms with E-state index in [0.29, 0.717) is 30.9 Å². The van der Waals surface area contributed by atoms with E-state index in [2.05, 4.69) is 5.10 Å². The third kappa shape index (κ3) is 3.18. The number of hydrogen-bond donors (Lipinski definition) is 1. The van der Waals surface area contributed by atoms with E-state index in [1.807, 2.05) is 29.2 Å². The Labute approximate surface area is 158 Å². The number of methoxy groups -OCH3 is 1. The predicted octanol–water partition coefficient (Wildman–Crippen LogP) is 2.29. The molecule has 1 aliphatic heterocycles. The standard InChI is InChI=1S/C20H24N4O3/c1-27-16-7-5-15(6-8-16)24-19(21)17(11-22-24)18(25)14-9-10-23(12-14)20(26)13-3-2-4-13/h5-8,11,13-14H,2-4,9-10,12,21H2,1H3. The molecule has 0 radical (unpaired) electrons. The minimum Gasteiger partial charge on any atom is -0.497 e. The van der Waals surface area contributed by atoms with Crippen LogP contribution in [0.1, 0.15) is 36.0 Å². The smallest absolute Gasteiger partial charge is 0.225 e. The number of ether oxygens (including phenoxy) is 1. The van der Waals surface area contributed by atoms with Crippen LogP contribution in [0.15, 0.2) is 30.5 Å². The number of nitrogens with zero attached hydrogens (tertiary/aromatic N) is 3. The van der Waals surface area contributed by atoms with Gasteiger partial charge >= 0.3 is 0 Å². The Morgan fingerprint density at radius 3 is 2.52 bits per heavy atom. The van der Waals surface area contributed by atoms with Crippen LogP contribution < -0.4 is 10.5 Å². The number of carbonyl (C=O) groups is 2. The van der Waals surface area contributed by atoms with Crippen LogP contribution in [0, 0.1) is 11.8 Å². The van der Waals surface area contributed by atoms with Crippen molar-refractivity contribution in [2.24, 2.45) is 11.8 Å². The second-order valence-corrected chi connectivity index (χ2v) is 7.32. The van der Waals surface area contributed by atoms with Crippen LogP contribution in [-0.4, -0.2) is 46.6 Å². The molecule has 1 saturated carbocycles. The van der Waals surface area contributed by atoms with Crippen LogP contribution in [0.2, 0.25) is 0 Å². The van der Waals surface area contributed by atoms with Crippen molar-refractivity contribution in [2.75, 3.05) is 25.9 Å². The van der Waals surface area contributed by atoms with Crippen LogP contribution >= 0.6 is 0 Å². The number of likely N-dealkylation sites (tertiary alicyclic amines) is 1. The summed E-state index contributed by atoms with van der Waals surface area (Å²) in [6.07, 6.45) is 5.31. The highest BCUT2D eigenvalue weighted by Gasteiger charge is 2.37. The molecular formula is C20H24N4O3. The molecule has 1 aromatic carbocycles. The van der Waals surface area contributed by atoms with E-state index < -0.39 is 0 Å². The summed E-state index contributed by atoms with van der Waals surface area (Å²) in [7, 11) is 1.61. The zero-order chi connectivity index (χ0) is 19.0. The van der Waals surface area contributed by atoms with E-state index in [1.165, 1.54) is 6.20 Å². The lowest BCUT2D eigenvalue weighted by Crippen LogP contribution is -2.37. The molecule has 1 aromatic heterocycles. The van der Waals surface area contributed by atoms with Gasteiger partial charge < -0.3 is 15.4 Å². The van der Waals surface area contributed by atoms with Gasteiger partial charge in [0.05, 0.1) is 24.6 Å². The third-order valence-corrected chi connectivity index (χ3v) is 5.71. The van der Waals surface area contributed by atoms with E-state index in [-0.39, 0.29) is 23.5 Å². The SMILES string of the molecule is COc1ccc(-n2ncc(C(=O)C3CCN(C(=O)C4CCC4)C3)c2N)cc1. The van der Waals surface area contributed by atoms with Crippen LogP contribution in [-0.2, 0) is 4.79 Å². The first-order valence-electron chi connectivity index (χ1n) is 9.39. The van der Waals surface area contributed by atoms with Gasteiger partial charge in [-0.15, -0.1) is 0 Å². The number of aromatic nitrogens is 2. The van der Waals surface area contributed by atoms with Gasteiger partial charge in [0.15, 0.2) is 5.78 Å². The Morgan fingerprint density at radius 1 is 1.15 bits per heavy atom. The summed E-state index contributed by atoms with van der Waals surface area (Å²) in [6, 6.07) is 7.31. The Kier molecular flexibility index (Phi) is 4.59. The number of benzene rings is 1. The van der Waals surface area contributed by atoms with E-state index in [4.69, 9.17) is 10.5 Å². The van der Waals surface area contributed by atoms with Crippen molar-refractivity contribution in [3.8, 4) is 11.4 Å². The second kappa shape index (κ2) is 7.06. The second-order valence-electron chi connectivity index (χ2n) is 7.32. The van der Waals surface area contributed by atoms with Gasteiger partial charge in [0.25, 0.3) is 0 Å². The maximum Gasteiger partial charge on any atom is 0.225 e. The molecule has 1 saturated heterocycles. The highest BCUT2D eigenvalue weighted by Crippen LogP contribution is 2.32. The van der Waals surface area contributed by atoms with Gasteiger partial charge in [-0.25, -0.2) is 4.68 Å². The number of nitrogen functional groups attached to an aromatic ring is 1. The molecule has 2 heterocycles. The summed E-state index contributed by atoms with van der Waals surface area (Å²) >= 11 is 0. The first-order valence-corrected chi connectivity index (χ1v) is 9.39. The van der Waals surface area contributed by atoms with Crippen LogP contribution in [0.4, 0.5) is 5.82 Å². The summed E-state index contributed by atoms with van der Waals surface area (Å²) in [5.41, 5.74) is 7.40. The Balaban J connectivity index is 1.48. The lowest BCUT2D eigenvalue weighted by molar-refractivity contribution is -0.137. The minimum atomic E-state index is -0.204. The number of Topliss-reactive ketones (excluding diaryl/α,β-unsaturated/α-hetero) is 1. The minimum absolute atomic E-state index is 0.0313.